The fraction of sp³-hybridized carbons (Fsp3) is 0.200. The Hall–Kier alpha value is -1.49. The van der Waals surface area contributed by atoms with Crippen molar-refractivity contribution in [1.82, 2.24) is 0 Å². The SMILES string of the molecule is O=C(Cl)CCC(=O)Oc1cc(F)cc(F)c1. The summed E-state index contributed by atoms with van der Waals surface area (Å²) in [6.07, 6.45) is -0.418. The zero-order valence-electron chi connectivity index (χ0n) is 8.00. The third-order valence-corrected chi connectivity index (χ3v) is 1.78. The largest absolute Gasteiger partial charge is 0.426 e. The highest BCUT2D eigenvalue weighted by atomic mass is 35.5. The maximum atomic E-state index is 12.7. The first-order chi connectivity index (χ1) is 7.47. The second-order valence-corrected chi connectivity index (χ2v) is 3.36. The molecule has 1 aromatic rings. The van der Waals surface area contributed by atoms with Crippen molar-refractivity contribution in [3.05, 3.63) is 29.8 Å². The van der Waals surface area contributed by atoms with Gasteiger partial charge in [0.05, 0.1) is 6.42 Å². The van der Waals surface area contributed by atoms with E-state index in [1.165, 1.54) is 0 Å². The molecule has 0 aliphatic rings. The number of carbonyl (C=O) groups is 2. The highest BCUT2D eigenvalue weighted by Gasteiger charge is 2.09. The van der Waals surface area contributed by atoms with Gasteiger partial charge in [-0.15, -0.1) is 0 Å². The zero-order chi connectivity index (χ0) is 12.1. The molecular weight excluding hydrogens is 242 g/mol. The smallest absolute Gasteiger partial charge is 0.311 e. The van der Waals surface area contributed by atoms with Crippen LogP contribution in [0, 0.1) is 11.6 Å². The van der Waals surface area contributed by atoms with Gasteiger partial charge < -0.3 is 4.74 Å². The monoisotopic (exact) mass is 248 g/mol. The maximum Gasteiger partial charge on any atom is 0.311 e. The number of esters is 1. The summed E-state index contributed by atoms with van der Waals surface area (Å²) in [6.45, 7) is 0. The average Bonchev–Trinajstić information content (AvgIpc) is 2.12. The van der Waals surface area contributed by atoms with Crippen LogP contribution < -0.4 is 4.74 Å². The average molecular weight is 249 g/mol. The van der Waals surface area contributed by atoms with Gasteiger partial charge >= 0.3 is 5.97 Å². The van der Waals surface area contributed by atoms with E-state index in [-0.39, 0.29) is 18.6 Å². The van der Waals surface area contributed by atoms with Gasteiger partial charge in [-0.2, -0.15) is 0 Å². The van der Waals surface area contributed by atoms with Crippen LogP contribution >= 0.6 is 11.6 Å². The summed E-state index contributed by atoms with van der Waals surface area (Å²) in [7, 11) is 0. The van der Waals surface area contributed by atoms with Gasteiger partial charge in [0.25, 0.3) is 0 Å². The summed E-state index contributed by atoms with van der Waals surface area (Å²) in [5.41, 5.74) is 0. The van der Waals surface area contributed by atoms with E-state index in [9.17, 15) is 18.4 Å². The fourth-order valence-corrected chi connectivity index (χ4v) is 1.06. The van der Waals surface area contributed by atoms with E-state index in [0.29, 0.717) is 6.07 Å². The summed E-state index contributed by atoms with van der Waals surface area (Å²) in [4.78, 5) is 21.4. The van der Waals surface area contributed by atoms with Gasteiger partial charge in [-0.3, -0.25) is 9.59 Å². The molecular formula is C10H7ClF2O3. The molecule has 16 heavy (non-hydrogen) atoms. The maximum absolute atomic E-state index is 12.7. The molecule has 1 aromatic carbocycles. The molecule has 0 radical (unpaired) electrons. The third kappa shape index (κ3) is 4.35. The lowest BCUT2D eigenvalue weighted by atomic mass is 10.3. The van der Waals surface area contributed by atoms with E-state index in [0.717, 1.165) is 12.1 Å². The van der Waals surface area contributed by atoms with Gasteiger partial charge in [0.15, 0.2) is 0 Å². The molecule has 0 amide bonds. The van der Waals surface area contributed by atoms with Crippen molar-refractivity contribution in [1.29, 1.82) is 0 Å². The highest BCUT2D eigenvalue weighted by Crippen LogP contribution is 2.16. The van der Waals surface area contributed by atoms with E-state index in [1.54, 1.807) is 0 Å². The third-order valence-electron chi connectivity index (χ3n) is 1.59. The van der Waals surface area contributed by atoms with E-state index in [2.05, 4.69) is 4.74 Å². The van der Waals surface area contributed by atoms with Crippen molar-refractivity contribution in [3.8, 4) is 5.75 Å². The number of hydrogen-bond donors (Lipinski definition) is 0. The topological polar surface area (TPSA) is 43.4 Å². The Bertz CT molecular complexity index is 400. The Labute approximate surface area is 95.0 Å². The van der Waals surface area contributed by atoms with Crippen LogP contribution in [0.2, 0.25) is 0 Å². The molecule has 0 saturated heterocycles. The molecule has 0 aliphatic carbocycles. The van der Waals surface area contributed by atoms with Gasteiger partial charge in [0.2, 0.25) is 5.24 Å². The molecule has 0 aliphatic heterocycles. The minimum atomic E-state index is -0.851. The molecule has 0 aromatic heterocycles. The lowest BCUT2D eigenvalue weighted by Gasteiger charge is -2.03. The molecule has 0 saturated carbocycles. The quantitative estimate of drug-likeness (QED) is 0.467. The van der Waals surface area contributed by atoms with Crippen molar-refractivity contribution in [2.24, 2.45) is 0 Å². The molecule has 1 rings (SSSR count). The highest BCUT2D eigenvalue weighted by molar-refractivity contribution is 6.63. The van der Waals surface area contributed by atoms with Gasteiger partial charge in [0, 0.05) is 24.6 Å². The van der Waals surface area contributed by atoms with Crippen molar-refractivity contribution in [2.45, 2.75) is 12.8 Å². The molecule has 3 nitrogen and oxygen atoms in total. The van der Waals surface area contributed by atoms with E-state index < -0.39 is 22.8 Å². The summed E-state index contributed by atoms with van der Waals surface area (Å²) >= 11 is 5.01. The molecule has 0 unspecified atom stereocenters. The van der Waals surface area contributed by atoms with Crippen molar-refractivity contribution >= 4 is 22.8 Å². The van der Waals surface area contributed by atoms with Crippen LogP contribution in [-0.2, 0) is 9.59 Å². The molecule has 0 spiro atoms. The van der Waals surface area contributed by atoms with Gasteiger partial charge in [0.1, 0.15) is 17.4 Å². The molecule has 0 atom stereocenters. The van der Waals surface area contributed by atoms with Crippen LogP contribution in [0.15, 0.2) is 18.2 Å². The summed E-state index contributed by atoms with van der Waals surface area (Å²) in [5, 5.41) is -0.678. The number of halogens is 3. The lowest BCUT2D eigenvalue weighted by Crippen LogP contribution is -2.09. The molecule has 86 valence electrons. The van der Waals surface area contributed by atoms with Crippen molar-refractivity contribution in [2.75, 3.05) is 0 Å². The standard InChI is InChI=1S/C10H7ClF2O3/c11-9(14)1-2-10(15)16-8-4-6(12)3-7(13)5-8/h3-5H,1-2H2. The molecule has 0 fully saturated rings. The van der Waals surface area contributed by atoms with Gasteiger partial charge in [-0.25, -0.2) is 8.78 Å². The number of carbonyl (C=O) groups excluding carboxylic acids is 2. The predicted molar refractivity (Wildman–Crippen MR) is 52.1 cm³/mol. The Balaban J connectivity index is 2.59. The Morgan fingerprint density at radius 1 is 1.12 bits per heavy atom. The Morgan fingerprint density at radius 2 is 1.69 bits per heavy atom. The summed E-state index contributed by atoms with van der Waals surface area (Å²) in [5.74, 6) is -2.73. The number of ether oxygens (including phenoxy) is 1. The van der Waals surface area contributed by atoms with Crippen LogP contribution in [0.25, 0.3) is 0 Å². The molecule has 6 heteroatoms. The van der Waals surface area contributed by atoms with Crippen molar-refractivity contribution in [3.63, 3.8) is 0 Å². The minimum absolute atomic E-state index is 0.182. The number of rotatable bonds is 4. The van der Waals surface area contributed by atoms with Crippen LogP contribution in [-0.4, -0.2) is 11.2 Å². The molecule has 0 bridgehead atoms. The predicted octanol–water partition coefficient (Wildman–Crippen LogP) is 2.42. The minimum Gasteiger partial charge on any atom is -0.426 e. The Kier molecular flexibility index (Phi) is 4.37. The van der Waals surface area contributed by atoms with Crippen LogP contribution in [0.4, 0.5) is 8.78 Å². The van der Waals surface area contributed by atoms with Crippen LogP contribution in [0.5, 0.6) is 5.75 Å². The first-order valence-corrected chi connectivity index (χ1v) is 4.70. The Morgan fingerprint density at radius 3 is 2.19 bits per heavy atom. The second-order valence-electron chi connectivity index (χ2n) is 2.93. The zero-order valence-corrected chi connectivity index (χ0v) is 8.76. The number of benzene rings is 1. The lowest BCUT2D eigenvalue weighted by molar-refractivity contribution is -0.135. The van der Waals surface area contributed by atoms with E-state index in [1.807, 2.05) is 0 Å². The second kappa shape index (κ2) is 5.55. The first-order valence-electron chi connectivity index (χ1n) is 4.32. The molecule has 0 heterocycles. The number of hydrogen-bond acceptors (Lipinski definition) is 3. The van der Waals surface area contributed by atoms with Crippen molar-refractivity contribution < 1.29 is 23.1 Å². The molecule has 0 N–H and O–H groups in total. The van der Waals surface area contributed by atoms with Gasteiger partial charge in [-0.05, 0) is 11.6 Å². The fourth-order valence-electron chi connectivity index (χ4n) is 0.970. The first kappa shape index (κ1) is 12.6. The normalized spacial score (nSPS) is 9.94. The van der Waals surface area contributed by atoms with E-state index >= 15 is 0 Å². The van der Waals surface area contributed by atoms with Crippen LogP contribution in [0.1, 0.15) is 12.8 Å². The summed E-state index contributed by atoms with van der Waals surface area (Å²) < 4.78 is 30.0. The van der Waals surface area contributed by atoms with E-state index in [4.69, 9.17) is 11.6 Å². The van der Waals surface area contributed by atoms with Crippen LogP contribution in [0.3, 0.4) is 0 Å². The van der Waals surface area contributed by atoms with Gasteiger partial charge in [-0.1, -0.05) is 0 Å². The summed E-state index contributed by atoms with van der Waals surface area (Å²) in [6, 6.07) is 2.38.